The van der Waals surface area contributed by atoms with Crippen LogP contribution in [0.15, 0.2) is 4.52 Å². The van der Waals surface area contributed by atoms with Gasteiger partial charge in [0.25, 0.3) is 0 Å². The van der Waals surface area contributed by atoms with Gasteiger partial charge in [-0.25, -0.2) is 0 Å². The first-order valence-electron chi connectivity index (χ1n) is 9.28. The van der Waals surface area contributed by atoms with Gasteiger partial charge in [0.2, 0.25) is 11.8 Å². The molecule has 7 nitrogen and oxygen atoms in total. The number of carbonyl (C=O) groups is 1. The van der Waals surface area contributed by atoms with Gasteiger partial charge in [0.15, 0.2) is 5.82 Å². The van der Waals surface area contributed by atoms with Crippen LogP contribution >= 0.6 is 0 Å². The number of piperazine rings is 1. The topological polar surface area (TPSA) is 65.7 Å². The molecule has 2 saturated heterocycles. The van der Waals surface area contributed by atoms with Gasteiger partial charge < -0.3 is 9.42 Å². The number of rotatable bonds is 7. The van der Waals surface area contributed by atoms with Crippen molar-refractivity contribution in [3.05, 3.63) is 11.7 Å². The summed E-state index contributed by atoms with van der Waals surface area (Å²) in [4.78, 5) is 23.3. The molecule has 0 radical (unpaired) electrons. The van der Waals surface area contributed by atoms with Crippen molar-refractivity contribution in [1.82, 2.24) is 24.8 Å². The van der Waals surface area contributed by atoms with Crippen LogP contribution in [0.25, 0.3) is 0 Å². The number of hydrogen-bond donors (Lipinski definition) is 0. The number of hydrogen-bond acceptors (Lipinski definition) is 6. The Labute approximate surface area is 144 Å². The fraction of sp³-hybridized carbons (Fsp3) is 0.824. The van der Waals surface area contributed by atoms with Gasteiger partial charge in [-0.3, -0.25) is 14.6 Å². The zero-order valence-electron chi connectivity index (χ0n) is 14.7. The van der Waals surface area contributed by atoms with E-state index in [-0.39, 0.29) is 0 Å². The van der Waals surface area contributed by atoms with Crippen LogP contribution < -0.4 is 0 Å². The molecule has 24 heavy (non-hydrogen) atoms. The molecule has 7 heteroatoms. The molecular formula is C17H29N5O2. The highest BCUT2D eigenvalue weighted by Gasteiger charge is 2.24. The summed E-state index contributed by atoms with van der Waals surface area (Å²) in [6, 6.07) is 0. The molecule has 0 atom stereocenters. The molecule has 3 rings (SSSR count). The zero-order valence-corrected chi connectivity index (χ0v) is 14.7. The number of carbonyl (C=O) groups excluding carboxylic acids is 1. The van der Waals surface area contributed by atoms with Crippen LogP contribution in [0.3, 0.4) is 0 Å². The molecule has 1 aromatic rings. The van der Waals surface area contributed by atoms with E-state index in [1.807, 2.05) is 4.90 Å². The van der Waals surface area contributed by atoms with Gasteiger partial charge in [0, 0.05) is 45.7 Å². The Hall–Kier alpha value is -1.47. The predicted molar refractivity (Wildman–Crippen MR) is 90.4 cm³/mol. The van der Waals surface area contributed by atoms with Crippen molar-refractivity contribution in [2.24, 2.45) is 0 Å². The lowest BCUT2D eigenvalue weighted by Gasteiger charge is -2.34. The Kier molecular flexibility index (Phi) is 6.20. The molecule has 2 aliphatic heterocycles. The summed E-state index contributed by atoms with van der Waals surface area (Å²) < 4.78 is 5.35. The Bertz CT molecular complexity index is 519. The van der Waals surface area contributed by atoms with Gasteiger partial charge in [0.05, 0.1) is 13.1 Å². The average molecular weight is 335 g/mol. The first-order chi connectivity index (χ1) is 11.7. The van der Waals surface area contributed by atoms with Crippen molar-refractivity contribution in [2.75, 3.05) is 45.8 Å². The van der Waals surface area contributed by atoms with Crippen LogP contribution in [-0.2, 0) is 17.8 Å². The number of nitrogens with zero attached hydrogens (tertiary/aromatic N) is 5. The SMILES string of the molecule is CCCCc1noc(CN2CCN(CC(=O)N3CCCC3)CC2)n1. The molecule has 0 aliphatic carbocycles. The van der Waals surface area contributed by atoms with Crippen LogP contribution in [0, 0.1) is 0 Å². The van der Waals surface area contributed by atoms with E-state index >= 15 is 0 Å². The van der Waals surface area contributed by atoms with E-state index in [1.54, 1.807) is 0 Å². The maximum Gasteiger partial charge on any atom is 0.240 e. The van der Waals surface area contributed by atoms with Crippen LogP contribution in [0.2, 0.25) is 0 Å². The Morgan fingerprint density at radius 1 is 1.08 bits per heavy atom. The van der Waals surface area contributed by atoms with Gasteiger partial charge in [-0.15, -0.1) is 0 Å². The minimum absolute atomic E-state index is 0.290. The predicted octanol–water partition coefficient (Wildman–Crippen LogP) is 1.15. The largest absolute Gasteiger partial charge is 0.342 e. The van der Waals surface area contributed by atoms with Gasteiger partial charge in [-0.1, -0.05) is 18.5 Å². The van der Waals surface area contributed by atoms with Gasteiger partial charge in [0.1, 0.15) is 0 Å². The fourth-order valence-corrected chi connectivity index (χ4v) is 3.35. The van der Waals surface area contributed by atoms with Crippen LogP contribution in [0.1, 0.15) is 44.3 Å². The van der Waals surface area contributed by atoms with E-state index in [9.17, 15) is 4.79 Å². The lowest BCUT2D eigenvalue weighted by molar-refractivity contribution is -0.131. The summed E-state index contributed by atoms with van der Waals surface area (Å²) in [5.41, 5.74) is 0. The molecule has 0 saturated carbocycles. The lowest BCUT2D eigenvalue weighted by Crippen LogP contribution is -2.49. The smallest absolute Gasteiger partial charge is 0.240 e. The normalized spacial score (nSPS) is 20.0. The van der Waals surface area contributed by atoms with Crippen LogP contribution in [-0.4, -0.2) is 76.6 Å². The van der Waals surface area contributed by atoms with Gasteiger partial charge in [-0.2, -0.15) is 4.98 Å². The number of likely N-dealkylation sites (tertiary alicyclic amines) is 1. The van der Waals surface area contributed by atoms with Crippen molar-refractivity contribution < 1.29 is 9.32 Å². The summed E-state index contributed by atoms with van der Waals surface area (Å²) in [6.45, 7) is 9.07. The maximum atomic E-state index is 12.2. The second-order valence-corrected chi connectivity index (χ2v) is 6.85. The van der Waals surface area contributed by atoms with Gasteiger partial charge >= 0.3 is 0 Å². The summed E-state index contributed by atoms with van der Waals surface area (Å²) in [7, 11) is 0. The maximum absolute atomic E-state index is 12.2. The standard InChI is InChI=1S/C17H29N5O2/c1-2-3-6-15-18-16(24-19-15)13-20-9-11-21(12-10-20)14-17(23)22-7-4-5-8-22/h2-14H2,1H3. The first kappa shape index (κ1) is 17.4. The van der Waals surface area contributed by atoms with Crippen molar-refractivity contribution in [2.45, 2.75) is 45.6 Å². The minimum atomic E-state index is 0.290. The molecule has 0 bridgehead atoms. The number of unbranched alkanes of at least 4 members (excludes halogenated alkanes) is 1. The van der Waals surface area contributed by atoms with Crippen molar-refractivity contribution >= 4 is 5.91 Å². The zero-order chi connectivity index (χ0) is 16.8. The van der Waals surface area contributed by atoms with E-state index in [0.29, 0.717) is 24.9 Å². The summed E-state index contributed by atoms with van der Waals surface area (Å²) >= 11 is 0. The molecule has 3 heterocycles. The fourth-order valence-electron chi connectivity index (χ4n) is 3.35. The number of aromatic nitrogens is 2. The van der Waals surface area contributed by atoms with Crippen molar-refractivity contribution in [1.29, 1.82) is 0 Å². The molecule has 1 amide bonds. The summed E-state index contributed by atoms with van der Waals surface area (Å²) in [5, 5.41) is 4.04. The molecule has 2 fully saturated rings. The van der Waals surface area contributed by atoms with E-state index in [1.165, 1.54) is 0 Å². The second-order valence-electron chi connectivity index (χ2n) is 6.85. The Morgan fingerprint density at radius 3 is 2.50 bits per heavy atom. The minimum Gasteiger partial charge on any atom is -0.342 e. The third-order valence-electron chi connectivity index (χ3n) is 4.91. The van der Waals surface area contributed by atoms with E-state index < -0.39 is 0 Å². The Morgan fingerprint density at radius 2 is 1.79 bits per heavy atom. The molecule has 1 aromatic heterocycles. The first-order valence-corrected chi connectivity index (χ1v) is 9.28. The molecule has 0 aromatic carbocycles. The molecule has 0 unspecified atom stereocenters. The van der Waals surface area contributed by atoms with Crippen molar-refractivity contribution in [3.8, 4) is 0 Å². The summed E-state index contributed by atoms with van der Waals surface area (Å²) in [6.07, 6.45) is 5.45. The van der Waals surface area contributed by atoms with Crippen LogP contribution in [0.5, 0.6) is 0 Å². The van der Waals surface area contributed by atoms with Crippen LogP contribution in [0.4, 0.5) is 0 Å². The lowest BCUT2D eigenvalue weighted by atomic mass is 10.2. The van der Waals surface area contributed by atoms with E-state index in [2.05, 4.69) is 26.9 Å². The van der Waals surface area contributed by atoms with E-state index in [0.717, 1.165) is 77.2 Å². The highest BCUT2D eigenvalue weighted by Crippen LogP contribution is 2.11. The second kappa shape index (κ2) is 8.58. The number of aryl methyl sites for hydroxylation is 1. The number of amides is 1. The van der Waals surface area contributed by atoms with E-state index in [4.69, 9.17) is 4.52 Å². The Balaban J connectivity index is 1.38. The highest BCUT2D eigenvalue weighted by atomic mass is 16.5. The quantitative estimate of drug-likeness (QED) is 0.745. The monoisotopic (exact) mass is 335 g/mol. The average Bonchev–Trinajstić information content (AvgIpc) is 3.26. The molecule has 2 aliphatic rings. The molecule has 134 valence electrons. The van der Waals surface area contributed by atoms with Crippen molar-refractivity contribution in [3.63, 3.8) is 0 Å². The highest BCUT2D eigenvalue weighted by molar-refractivity contribution is 5.78. The molecular weight excluding hydrogens is 306 g/mol. The molecule has 0 N–H and O–H groups in total. The third kappa shape index (κ3) is 4.77. The summed E-state index contributed by atoms with van der Waals surface area (Å²) in [5.74, 6) is 1.82. The third-order valence-corrected chi connectivity index (χ3v) is 4.91. The van der Waals surface area contributed by atoms with Gasteiger partial charge in [-0.05, 0) is 19.3 Å². The molecule has 0 spiro atoms.